The van der Waals surface area contributed by atoms with Crippen molar-refractivity contribution < 1.29 is 9.59 Å². The van der Waals surface area contributed by atoms with Gasteiger partial charge >= 0.3 is 0 Å². The minimum absolute atomic E-state index is 0.0141. The second-order valence-corrected chi connectivity index (χ2v) is 6.43. The summed E-state index contributed by atoms with van der Waals surface area (Å²) in [7, 11) is 0. The number of aryl methyl sites for hydroxylation is 2. The molecule has 0 bridgehead atoms. The van der Waals surface area contributed by atoms with Crippen molar-refractivity contribution in [3.8, 4) is 0 Å². The molecule has 2 fully saturated rings. The normalized spacial score (nSPS) is 29.8. The van der Waals surface area contributed by atoms with Gasteiger partial charge in [-0.2, -0.15) is 0 Å². The Morgan fingerprint density at radius 2 is 1.75 bits per heavy atom. The molecule has 1 saturated carbocycles. The van der Waals surface area contributed by atoms with Gasteiger partial charge in [0.1, 0.15) is 0 Å². The molecule has 2 amide bonds. The van der Waals surface area contributed by atoms with Crippen molar-refractivity contribution in [2.24, 2.45) is 17.8 Å². The molecule has 106 valence electrons. The van der Waals surface area contributed by atoms with E-state index in [9.17, 15) is 9.59 Å². The summed E-state index contributed by atoms with van der Waals surface area (Å²) in [5, 5.41) is 0. The second kappa shape index (κ2) is 4.72. The molecule has 1 aliphatic heterocycles. The summed E-state index contributed by atoms with van der Waals surface area (Å²) < 4.78 is 0. The molecule has 2 aliphatic rings. The van der Waals surface area contributed by atoms with Gasteiger partial charge in [0.2, 0.25) is 11.8 Å². The third-order valence-electron chi connectivity index (χ3n) is 4.79. The summed E-state index contributed by atoms with van der Waals surface area (Å²) in [5.74, 6) is 0.400. The van der Waals surface area contributed by atoms with Crippen LogP contribution in [0.3, 0.4) is 0 Å². The van der Waals surface area contributed by atoms with E-state index in [1.807, 2.05) is 32.0 Å². The fourth-order valence-electron chi connectivity index (χ4n) is 3.59. The fraction of sp³-hybridized carbons (Fsp3) is 0.529. The standard InChI is InChI=1S/C17H21NO2/c1-10-5-7-13-14(8-10)17(20)18(16(13)19)15-9-11(2)4-6-12(15)3/h4,6,9-10,13-14H,5,7-8H2,1-3H3/t10-,13+,14+/m0/s1. The van der Waals surface area contributed by atoms with Crippen molar-refractivity contribution in [2.45, 2.75) is 40.0 Å². The monoisotopic (exact) mass is 271 g/mol. The van der Waals surface area contributed by atoms with Crippen LogP contribution in [0.4, 0.5) is 5.69 Å². The first-order chi connectivity index (χ1) is 9.49. The number of fused-ring (bicyclic) bond motifs is 1. The molecule has 20 heavy (non-hydrogen) atoms. The molecule has 1 aliphatic carbocycles. The molecule has 1 saturated heterocycles. The first-order valence-electron chi connectivity index (χ1n) is 7.44. The number of hydrogen-bond donors (Lipinski definition) is 0. The van der Waals surface area contributed by atoms with Gasteiger partial charge in [0.15, 0.2) is 0 Å². The zero-order valence-electron chi connectivity index (χ0n) is 12.3. The molecule has 3 atom stereocenters. The Labute approximate surface area is 120 Å². The highest BCUT2D eigenvalue weighted by molar-refractivity contribution is 6.22. The molecule has 1 aromatic carbocycles. The van der Waals surface area contributed by atoms with Gasteiger partial charge in [0.05, 0.1) is 17.5 Å². The topological polar surface area (TPSA) is 37.4 Å². The number of rotatable bonds is 1. The van der Waals surface area contributed by atoms with E-state index in [0.717, 1.165) is 36.1 Å². The number of amides is 2. The lowest BCUT2D eigenvalue weighted by Gasteiger charge is -2.25. The van der Waals surface area contributed by atoms with Crippen molar-refractivity contribution in [1.29, 1.82) is 0 Å². The van der Waals surface area contributed by atoms with Gasteiger partial charge in [0, 0.05) is 0 Å². The second-order valence-electron chi connectivity index (χ2n) is 6.43. The Kier molecular flexibility index (Phi) is 3.15. The Morgan fingerprint density at radius 3 is 2.50 bits per heavy atom. The van der Waals surface area contributed by atoms with Crippen molar-refractivity contribution in [2.75, 3.05) is 4.90 Å². The lowest BCUT2D eigenvalue weighted by atomic mass is 9.76. The Hall–Kier alpha value is -1.64. The van der Waals surface area contributed by atoms with Crippen LogP contribution in [0, 0.1) is 31.6 Å². The third-order valence-corrected chi connectivity index (χ3v) is 4.79. The van der Waals surface area contributed by atoms with Crippen molar-refractivity contribution >= 4 is 17.5 Å². The van der Waals surface area contributed by atoms with E-state index in [0.29, 0.717) is 5.92 Å². The average molecular weight is 271 g/mol. The summed E-state index contributed by atoms with van der Waals surface area (Å²) in [6, 6.07) is 5.95. The smallest absolute Gasteiger partial charge is 0.237 e. The van der Waals surface area contributed by atoms with Gasteiger partial charge in [-0.1, -0.05) is 19.1 Å². The van der Waals surface area contributed by atoms with E-state index >= 15 is 0 Å². The van der Waals surface area contributed by atoms with Crippen LogP contribution in [-0.4, -0.2) is 11.8 Å². The molecule has 3 heteroatoms. The van der Waals surface area contributed by atoms with Crippen LogP contribution < -0.4 is 4.90 Å². The number of nitrogens with zero attached hydrogens (tertiary/aromatic N) is 1. The highest BCUT2D eigenvalue weighted by atomic mass is 16.2. The summed E-state index contributed by atoms with van der Waals surface area (Å²) in [5.41, 5.74) is 2.85. The zero-order valence-corrected chi connectivity index (χ0v) is 12.3. The lowest BCUT2D eigenvalue weighted by molar-refractivity contribution is -0.122. The minimum atomic E-state index is -0.0915. The van der Waals surface area contributed by atoms with E-state index < -0.39 is 0 Å². The molecule has 0 radical (unpaired) electrons. The number of carbonyl (C=O) groups is 2. The molecule has 1 heterocycles. The predicted octanol–water partition coefficient (Wildman–Crippen LogP) is 3.23. The predicted molar refractivity (Wildman–Crippen MR) is 78.4 cm³/mol. The van der Waals surface area contributed by atoms with Crippen LogP contribution in [0.2, 0.25) is 0 Å². The highest BCUT2D eigenvalue weighted by Gasteiger charge is 2.50. The summed E-state index contributed by atoms with van der Waals surface area (Å²) in [4.78, 5) is 26.7. The van der Waals surface area contributed by atoms with Gasteiger partial charge in [0.25, 0.3) is 0 Å². The van der Waals surface area contributed by atoms with Crippen LogP contribution in [0.15, 0.2) is 18.2 Å². The van der Waals surface area contributed by atoms with Gasteiger partial charge in [-0.3, -0.25) is 9.59 Å². The van der Waals surface area contributed by atoms with Crippen LogP contribution in [0.25, 0.3) is 0 Å². The SMILES string of the molecule is Cc1ccc(C)c(N2C(=O)[C@@H]3CC[C@H](C)C[C@H]3C2=O)c1. The maximum atomic E-state index is 12.7. The van der Waals surface area contributed by atoms with E-state index in [1.165, 1.54) is 4.90 Å². The Balaban J connectivity index is 2.00. The van der Waals surface area contributed by atoms with E-state index in [4.69, 9.17) is 0 Å². The number of carbonyl (C=O) groups excluding carboxylic acids is 2. The molecule has 3 rings (SSSR count). The van der Waals surface area contributed by atoms with Crippen LogP contribution >= 0.6 is 0 Å². The summed E-state index contributed by atoms with van der Waals surface area (Å²) >= 11 is 0. The van der Waals surface area contributed by atoms with Gasteiger partial charge in [-0.25, -0.2) is 4.90 Å². The largest absolute Gasteiger partial charge is 0.274 e. The molecule has 0 spiro atoms. The molecular formula is C17H21NO2. The van der Waals surface area contributed by atoms with E-state index in [2.05, 4.69) is 6.92 Å². The van der Waals surface area contributed by atoms with Crippen molar-refractivity contribution in [1.82, 2.24) is 0 Å². The van der Waals surface area contributed by atoms with Crippen LogP contribution in [0.5, 0.6) is 0 Å². The lowest BCUT2D eigenvalue weighted by Crippen LogP contribution is -2.31. The molecule has 0 aromatic heterocycles. The molecule has 0 unspecified atom stereocenters. The van der Waals surface area contributed by atoms with Crippen LogP contribution in [0.1, 0.15) is 37.3 Å². The maximum Gasteiger partial charge on any atom is 0.237 e. The first kappa shape index (κ1) is 13.3. The Bertz CT molecular complexity index is 578. The fourth-order valence-corrected chi connectivity index (χ4v) is 3.59. The minimum Gasteiger partial charge on any atom is -0.274 e. The van der Waals surface area contributed by atoms with Gasteiger partial charge in [-0.05, 0) is 56.2 Å². The highest BCUT2D eigenvalue weighted by Crippen LogP contribution is 2.42. The molecule has 3 nitrogen and oxygen atoms in total. The zero-order chi connectivity index (χ0) is 14.4. The quantitative estimate of drug-likeness (QED) is 0.735. The summed E-state index contributed by atoms with van der Waals surface area (Å²) in [6.45, 7) is 6.12. The number of imide groups is 1. The van der Waals surface area contributed by atoms with Crippen LogP contribution in [-0.2, 0) is 9.59 Å². The Morgan fingerprint density at radius 1 is 1.05 bits per heavy atom. The molecule has 0 N–H and O–H groups in total. The number of benzene rings is 1. The van der Waals surface area contributed by atoms with Crippen molar-refractivity contribution in [3.63, 3.8) is 0 Å². The third kappa shape index (κ3) is 1.96. The maximum absolute atomic E-state index is 12.7. The van der Waals surface area contributed by atoms with E-state index in [1.54, 1.807) is 0 Å². The average Bonchev–Trinajstić information content (AvgIpc) is 2.65. The van der Waals surface area contributed by atoms with E-state index in [-0.39, 0.29) is 23.7 Å². The number of anilines is 1. The first-order valence-corrected chi connectivity index (χ1v) is 7.44. The van der Waals surface area contributed by atoms with Gasteiger partial charge in [-0.15, -0.1) is 0 Å². The molecule has 1 aromatic rings. The van der Waals surface area contributed by atoms with Gasteiger partial charge < -0.3 is 0 Å². The summed E-state index contributed by atoms with van der Waals surface area (Å²) in [6.07, 6.45) is 2.77. The number of hydrogen-bond acceptors (Lipinski definition) is 2. The van der Waals surface area contributed by atoms with Crippen molar-refractivity contribution in [3.05, 3.63) is 29.3 Å². The molecular weight excluding hydrogens is 250 g/mol.